The summed E-state index contributed by atoms with van der Waals surface area (Å²) in [7, 11) is -3.23. The first-order valence-electron chi connectivity index (χ1n) is 5.51. The minimum atomic E-state index is -3.23. The SMILES string of the molecule is Cc1ncc(CNc2cc(S(C)(=O)=O)ccc2Cl)s1. The third-order valence-electron chi connectivity index (χ3n) is 2.49. The molecule has 0 saturated heterocycles. The first kappa shape index (κ1) is 14.3. The van der Waals surface area contributed by atoms with Crippen molar-refractivity contribution >= 4 is 38.5 Å². The lowest BCUT2D eigenvalue weighted by Gasteiger charge is -2.08. The molecule has 0 aliphatic heterocycles. The van der Waals surface area contributed by atoms with Gasteiger partial charge in [0.05, 0.1) is 27.2 Å². The second-order valence-corrected chi connectivity index (χ2v) is 7.86. The molecular formula is C12H13ClN2O2S2. The van der Waals surface area contributed by atoms with Gasteiger partial charge in [-0.2, -0.15) is 0 Å². The standard InChI is InChI=1S/C12H13ClN2O2S2/c1-8-14-6-9(18-8)7-15-12-5-10(19(2,16)17)3-4-11(12)13/h3-6,15H,7H2,1-2H3. The second-order valence-electron chi connectivity index (χ2n) is 4.11. The van der Waals surface area contributed by atoms with E-state index in [0.29, 0.717) is 17.3 Å². The molecule has 0 fully saturated rings. The molecule has 0 amide bonds. The number of aromatic nitrogens is 1. The maximum Gasteiger partial charge on any atom is 0.175 e. The topological polar surface area (TPSA) is 59.1 Å². The Labute approximate surface area is 121 Å². The maximum absolute atomic E-state index is 11.5. The number of hydrogen-bond donors (Lipinski definition) is 1. The van der Waals surface area contributed by atoms with Crippen LogP contribution >= 0.6 is 22.9 Å². The van der Waals surface area contributed by atoms with Crippen molar-refractivity contribution in [2.75, 3.05) is 11.6 Å². The molecule has 7 heteroatoms. The summed E-state index contributed by atoms with van der Waals surface area (Å²) >= 11 is 7.64. The Balaban J connectivity index is 2.20. The normalized spacial score (nSPS) is 11.5. The van der Waals surface area contributed by atoms with Crippen LogP contribution in [0.3, 0.4) is 0 Å². The number of rotatable bonds is 4. The average molecular weight is 317 g/mol. The summed E-state index contributed by atoms with van der Waals surface area (Å²) in [6.45, 7) is 2.50. The van der Waals surface area contributed by atoms with Crippen molar-refractivity contribution in [3.63, 3.8) is 0 Å². The zero-order valence-corrected chi connectivity index (χ0v) is 12.9. The fourth-order valence-corrected chi connectivity index (χ4v) is 3.11. The summed E-state index contributed by atoms with van der Waals surface area (Å²) in [5, 5.41) is 4.62. The number of thiazole rings is 1. The summed E-state index contributed by atoms with van der Waals surface area (Å²) in [4.78, 5) is 5.48. The fourth-order valence-electron chi connectivity index (χ4n) is 1.54. The van der Waals surface area contributed by atoms with E-state index < -0.39 is 9.84 Å². The highest BCUT2D eigenvalue weighted by Crippen LogP contribution is 2.26. The van der Waals surface area contributed by atoms with E-state index >= 15 is 0 Å². The van der Waals surface area contributed by atoms with Gasteiger partial charge >= 0.3 is 0 Å². The van der Waals surface area contributed by atoms with E-state index in [9.17, 15) is 8.42 Å². The van der Waals surface area contributed by atoms with Crippen LogP contribution in [-0.2, 0) is 16.4 Å². The van der Waals surface area contributed by atoms with Gasteiger partial charge in [-0.05, 0) is 25.1 Å². The molecule has 102 valence electrons. The molecule has 0 saturated carbocycles. The number of sulfone groups is 1. The molecule has 19 heavy (non-hydrogen) atoms. The molecule has 1 aromatic carbocycles. The first-order valence-corrected chi connectivity index (χ1v) is 8.59. The zero-order chi connectivity index (χ0) is 14.0. The van der Waals surface area contributed by atoms with Gasteiger partial charge in [0, 0.05) is 17.3 Å². The molecule has 2 rings (SSSR count). The van der Waals surface area contributed by atoms with Crippen molar-refractivity contribution in [3.05, 3.63) is 39.3 Å². The first-order chi connectivity index (χ1) is 8.86. The van der Waals surface area contributed by atoms with E-state index in [0.717, 1.165) is 9.88 Å². The number of anilines is 1. The smallest absolute Gasteiger partial charge is 0.175 e. The molecule has 1 heterocycles. The van der Waals surface area contributed by atoms with Crippen LogP contribution in [0.25, 0.3) is 0 Å². The molecule has 0 bridgehead atoms. The predicted octanol–water partition coefficient (Wildman–Crippen LogP) is 3.12. The van der Waals surface area contributed by atoms with Gasteiger partial charge in [0.15, 0.2) is 9.84 Å². The molecule has 1 aromatic heterocycles. The lowest BCUT2D eigenvalue weighted by Crippen LogP contribution is -2.02. The van der Waals surface area contributed by atoms with Crippen LogP contribution in [0.4, 0.5) is 5.69 Å². The molecule has 0 atom stereocenters. The summed E-state index contributed by atoms with van der Waals surface area (Å²) in [6.07, 6.45) is 2.97. The van der Waals surface area contributed by atoms with Gasteiger partial charge < -0.3 is 5.32 Å². The number of hydrogen-bond acceptors (Lipinski definition) is 5. The monoisotopic (exact) mass is 316 g/mol. The minimum Gasteiger partial charge on any atom is -0.379 e. The highest BCUT2D eigenvalue weighted by atomic mass is 35.5. The van der Waals surface area contributed by atoms with Crippen LogP contribution < -0.4 is 5.32 Å². The average Bonchev–Trinajstić information content (AvgIpc) is 2.72. The fraction of sp³-hybridized carbons (Fsp3) is 0.250. The van der Waals surface area contributed by atoms with Crippen molar-refractivity contribution in [1.82, 2.24) is 4.98 Å². The maximum atomic E-state index is 11.5. The Hall–Kier alpha value is -1.11. The van der Waals surface area contributed by atoms with E-state index in [1.165, 1.54) is 12.3 Å². The largest absolute Gasteiger partial charge is 0.379 e. The van der Waals surface area contributed by atoms with Crippen molar-refractivity contribution < 1.29 is 8.42 Å². The Kier molecular flexibility index (Phi) is 4.13. The van der Waals surface area contributed by atoms with Crippen LogP contribution in [0, 0.1) is 6.92 Å². The zero-order valence-electron chi connectivity index (χ0n) is 10.5. The number of aryl methyl sites for hydroxylation is 1. The van der Waals surface area contributed by atoms with Crippen molar-refractivity contribution in [2.24, 2.45) is 0 Å². The highest BCUT2D eigenvalue weighted by molar-refractivity contribution is 7.90. The van der Waals surface area contributed by atoms with E-state index in [4.69, 9.17) is 11.6 Å². The summed E-state index contributed by atoms with van der Waals surface area (Å²) in [5.41, 5.74) is 0.607. The number of nitrogens with one attached hydrogen (secondary N) is 1. The highest BCUT2D eigenvalue weighted by Gasteiger charge is 2.10. The minimum absolute atomic E-state index is 0.250. The summed E-state index contributed by atoms with van der Waals surface area (Å²) < 4.78 is 23.0. The van der Waals surface area contributed by atoms with Crippen LogP contribution in [0.15, 0.2) is 29.3 Å². The molecule has 0 unspecified atom stereocenters. The number of benzene rings is 1. The second kappa shape index (κ2) is 5.48. The van der Waals surface area contributed by atoms with Crippen LogP contribution in [-0.4, -0.2) is 19.7 Å². The molecule has 0 radical (unpaired) electrons. The number of nitrogens with zero attached hydrogens (tertiary/aromatic N) is 1. The van der Waals surface area contributed by atoms with Crippen LogP contribution in [0.5, 0.6) is 0 Å². The Morgan fingerprint density at radius 2 is 2.16 bits per heavy atom. The van der Waals surface area contributed by atoms with Gasteiger partial charge in [0.2, 0.25) is 0 Å². The van der Waals surface area contributed by atoms with Crippen molar-refractivity contribution in [3.8, 4) is 0 Å². The van der Waals surface area contributed by atoms with E-state index in [-0.39, 0.29) is 4.90 Å². The molecule has 4 nitrogen and oxygen atoms in total. The van der Waals surface area contributed by atoms with E-state index in [1.807, 2.05) is 6.92 Å². The van der Waals surface area contributed by atoms with E-state index in [1.54, 1.807) is 29.7 Å². The van der Waals surface area contributed by atoms with Gasteiger partial charge in [-0.25, -0.2) is 13.4 Å². The Morgan fingerprint density at radius 1 is 1.42 bits per heavy atom. The van der Waals surface area contributed by atoms with Gasteiger partial charge in [-0.15, -0.1) is 11.3 Å². The van der Waals surface area contributed by atoms with Crippen LogP contribution in [0.1, 0.15) is 9.88 Å². The number of halogens is 1. The van der Waals surface area contributed by atoms with Crippen molar-refractivity contribution in [1.29, 1.82) is 0 Å². The van der Waals surface area contributed by atoms with Gasteiger partial charge in [-0.1, -0.05) is 11.6 Å². The molecule has 2 aromatic rings. The third kappa shape index (κ3) is 3.68. The van der Waals surface area contributed by atoms with Gasteiger partial charge in [0.25, 0.3) is 0 Å². The van der Waals surface area contributed by atoms with Crippen LogP contribution in [0.2, 0.25) is 5.02 Å². The molecule has 0 aliphatic carbocycles. The molecular weight excluding hydrogens is 304 g/mol. The van der Waals surface area contributed by atoms with E-state index in [2.05, 4.69) is 10.3 Å². The quantitative estimate of drug-likeness (QED) is 0.941. The Morgan fingerprint density at radius 3 is 2.74 bits per heavy atom. The van der Waals surface area contributed by atoms with Gasteiger partial charge in [-0.3, -0.25) is 0 Å². The predicted molar refractivity (Wildman–Crippen MR) is 78.7 cm³/mol. The molecule has 0 spiro atoms. The van der Waals surface area contributed by atoms with Crippen molar-refractivity contribution in [2.45, 2.75) is 18.4 Å². The lowest BCUT2D eigenvalue weighted by molar-refractivity contribution is 0.602. The van der Waals surface area contributed by atoms with Gasteiger partial charge in [0.1, 0.15) is 0 Å². The molecule has 1 N–H and O–H groups in total. The lowest BCUT2D eigenvalue weighted by atomic mass is 10.3. The summed E-state index contributed by atoms with van der Waals surface area (Å²) in [6, 6.07) is 4.63. The Bertz CT molecular complexity index is 696. The summed E-state index contributed by atoms with van der Waals surface area (Å²) in [5.74, 6) is 0. The third-order valence-corrected chi connectivity index (χ3v) is 4.84. The molecule has 0 aliphatic rings.